The van der Waals surface area contributed by atoms with E-state index in [4.69, 9.17) is 29.9 Å². The van der Waals surface area contributed by atoms with Gasteiger partial charge in [-0.05, 0) is 73.0 Å². The number of nitrogens with one attached hydrogen (secondary N) is 2. The van der Waals surface area contributed by atoms with Gasteiger partial charge in [-0.1, -0.05) is 153 Å². The van der Waals surface area contributed by atoms with Crippen molar-refractivity contribution in [1.82, 2.24) is 39.9 Å². The van der Waals surface area contributed by atoms with Crippen molar-refractivity contribution >= 4 is 91.2 Å². The molecule has 7 aromatic rings. The van der Waals surface area contributed by atoms with Gasteiger partial charge in [0.25, 0.3) is 0 Å². The van der Waals surface area contributed by atoms with Crippen molar-refractivity contribution in [2.24, 2.45) is 0 Å². The summed E-state index contributed by atoms with van der Waals surface area (Å²) in [5.41, 5.74) is 6.90. The Labute approximate surface area is 419 Å². The molecule has 0 saturated heterocycles. The zero-order valence-electron chi connectivity index (χ0n) is 40.4. The number of hydrogen-bond acceptors (Lipinski definition) is 10. The van der Waals surface area contributed by atoms with Crippen molar-refractivity contribution < 1.29 is 0 Å². The second kappa shape index (κ2) is 24.0. The predicted molar refractivity (Wildman–Crippen MR) is 296 cm³/mol. The lowest BCUT2D eigenvalue weighted by Gasteiger charge is -2.12. The van der Waals surface area contributed by atoms with E-state index in [0.717, 1.165) is 89.4 Å². The van der Waals surface area contributed by atoms with Crippen molar-refractivity contribution in [2.75, 3.05) is 23.0 Å². The van der Waals surface area contributed by atoms with Crippen LogP contribution in [0.4, 0.5) is 0 Å². The van der Waals surface area contributed by atoms with Gasteiger partial charge in [-0.3, -0.25) is 0 Å². The number of aromatic nitrogens is 8. The number of thioether (sulfide) groups is 4. The molecule has 4 aromatic carbocycles. The molecule has 0 fully saturated rings. The van der Waals surface area contributed by atoms with Crippen LogP contribution in [0.5, 0.6) is 0 Å². The summed E-state index contributed by atoms with van der Waals surface area (Å²) in [4.78, 5) is 44.8. The van der Waals surface area contributed by atoms with Gasteiger partial charge in [-0.25, -0.2) is 29.9 Å². The maximum Gasteiger partial charge on any atom is 0.164 e. The van der Waals surface area contributed by atoms with Crippen LogP contribution >= 0.6 is 47.0 Å². The summed E-state index contributed by atoms with van der Waals surface area (Å²) in [5, 5.41) is 3.95. The Morgan fingerprint density at radius 2 is 0.574 bits per heavy atom. The summed E-state index contributed by atoms with van der Waals surface area (Å²) in [6, 6.07) is 26.2. The minimum atomic E-state index is 0.650. The summed E-state index contributed by atoms with van der Waals surface area (Å²) in [6.45, 7) is 9.12. The molecule has 0 aliphatic carbocycles. The van der Waals surface area contributed by atoms with Crippen LogP contribution in [0.1, 0.15) is 130 Å². The smallest absolute Gasteiger partial charge is 0.164 e. The van der Waals surface area contributed by atoms with Crippen LogP contribution in [0.15, 0.2) is 92.4 Å². The first-order chi connectivity index (χ1) is 33.6. The fourth-order valence-electron chi connectivity index (χ4n) is 9.00. The quantitative estimate of drug-likeness (QED) is 0.0449. The normalized spacial score (nSPS) is 12.1. The molecule has 5 heterocycles. The maximum absolute atomic E-state index is 5.41. The van der Waals surface area contributed by atoms with Gasteiger partial charge in [0, 0.05) is 63.4 Å². The molecule has 12 heteroatoms. The summed E-state index contributed by atoms with van der Waals surface area (Å²) in [7, 11) is 0. The largest absolute Gasteiger partial charge is 0.324 e. The molecule has 0 radical (unpaired) electrons. The standard InChI is InChI=1S/C56H66N8S4/c1-5-9-13-21-29-65-45-33-41-42(34-46(45)66-30-22-14-10-6-2)54-60-50-39-27-19-20-28-40(39)52(58-50)62-56-44-36-48(68-32-24-16-12-8-4)47(67-31-23-15-11-7-3)35-43(44)55(64-56)61-51-38-26-18-17-25-37(38)49(57-51)59-53(41)63-54/h17-20,25-28,33-36H,5-16,21-24,29-32H2,1-4H3,(H2,57,58,59,60,61,62,63,64). The zero-order valence-corrected chi connectivity index (χ0v) is 43.7. The molecular weight excluding hydrogens is 913 g/mol. The lowest BCUT2D eigenvalue weighted by atomic mass is 10.1. The topological polar surface area (TPSA) is 109 Å². The number of rotatable bonds is 24. The molecule has 2 aliphatic heterocycles. The highest BCUT2D eigenvalue weighted by Crippen LogP contribution is 2.45. The van der Waals surface area contributed by atoms with E-state index in [1.54, 1.807) is 0 Å². The van der Waals surface area contributed by atoms with Crippen LogP contribution < -0.4 is 0 Å². The molecule has 2 N–H and O–H groups in total. The first-order valence-corrected chi connectivity index (χ1v) is 29.4. The molecule has 3 aromatic heterocycles. The van der Waals surface area contributed by atoms with Gasteiger partial charge >= 0.3 is 0 Å². The van der Waals surface area contributed by atoms with Crippen molar-refractivity contribution in [1.29, 1.82) is 0 Å². The summed E-state index contributed by atoms with van der Waals surface area (Å²) < 4.78 is 0. The number of unbranched alkanes of at least 4 members (excludes halogenated alkanes) is 12. The number of benzene rings is 4. The van der Waals surface area contributed by atoms with Gasteiger partial charge in [0.2, 0.25) is 0 Å². The van der Waals surface area contributed by atoms with E-state index in [-0.39, 0.29) is 0 Å². The van der Waals surface area contributed by atoms with Gasteiger partial charge in [0.05, 0.1) is 0 Å². The Bertz CT molecular complexity index is 2620. The SMILES string of the molecule is CCCCCCSc1cc2c(cc1SCCCCCC)-c1nc-2nc2[nH]c(nc3nc(nc4[nH]c(n1)c1ccccc41)-c1cc(SCCCCCC)c(SCCCCCC)cc1-3)c1ccccc21. The Balaban J connectivity index is 1.25. The van der Waals surface area contributed by atoms with Crippen molar-refractivity contribution in [2.45, 2.75) is 150 Å². The number of hydrogen-bond donors (Lipinski definition) is 2. The highest BCUT2D eigenvalue weighted by atomic mass is 32.2. The van der Waals surface area contributed by atoms with E-state index in [2.05, 4.69) is 110 Å². The number of H-pyrrole nitrogens is 2. The minimum Gasteiger partial charge on any atom is -0.324 e. The third-order valence-electron chi connectivity index (χ3n) is 12.8. The summed E-state index contributed by atoms with van der Waals surface area (Å²) >= 11 is 7.89. The number of fused-ring (bicyclic) bond motifs is 20. The highest BCUT2D eigenvalue weighted by Gasteiger charge is 2.26. The van der Waals surface area contributed by atoms with Gasteiger partial charge in [0.1, 0.15) is 22.6 Å². The lowest BCUT2D eigenvalue weighted by Crippen LogP contribution is -1.90. The van der Waals surface area contributed by atoms with Gasteiger partial charge in [-0.15, -0.1) is 47.0 Å². The monoisotopic (exact) mass is 978 g/mol. The molecule has 0 unspecified atom stereocenters. The Morgan fingerprint density at radius 3 is 0.809 bits per heavy atom. The van der Waals surface area contributed by atoms with Crippen LogP contribution in [0.2, 0.25) is 0 Å². The fourth-order valence-corrected chi connectivity index (χ4v) is 13.6. The summed E-state index contributed by atoms with van der Waals surface area (Å²) in [5.74, 6) is 6.95. The molecule has 8 nitrogen and oxygen atoms in total. The van der Waals surface area contributed by atoms with Crippen molar-refractivity contribution in [3.63, 3.8) is 0 Å². The maximum atomic E-state index is 5.41. The molecule has 354 valence electrons. The van der Waals surface area contributed by atoms with Gasteiger partial charge in [-0.2, -0.15) is 0 Å². The minimum absolute atomic E-state index is 0.650. The third-order valence-corrected chi connectivity index (χ3v) is 17.6. The van der Waals surface area contributed by atoms with Crippen LogP contribution in [-0.4, -0.2) is 62.9 Å². The van der Waals surface area contributed by atoms with Gasteiger partial charge < -0.3 is 9.97 Å². The Kier molecular flexibility index (Phi) is 17.2. The van der Waals surface area contributed by atoms with E-state index in [1.807, 2.05) is 47.0 Å². The highest BCUT2D eigenvalue weighted by molar-refractivity contribution is 8.02. The molecule has 0 amide bonds. The predicted octanol–water partition coefficient (Wildman–Crippen LogP) is 17.6. The van der Waals surface area contributed by atoms with Crippen LogP contribution in [-0.2, 0) is 0 Å². The lowest BCUT2D eigenvalue weighted by molar-refractivity contribution is 0.706. The average Bonchev–Trinajstić information content (AvgIpc) is 4.09. The van der Waals surface area contributed by atoms with E-state index in [1.165, 1.54) is 122 Å². The number of aromatic amines is 2. The molecule has 2 aliphatic rings. The second-order valence-corrected chi connectivity index (χ2v) is 22.6. The molecule has 0 atom stereocenters. The van der Waals surface area contributed by atoms with Gasteiger partial charge in [0.15, 0.2) is 23.3 Å². The van der Waals surface area contributed by atoms with Crippen molar-refractivity contribution in [3.8, 4) is 45.6 Å². The third kappa shape index (κ3) is 11.3. The molecular formula is C56H66N8S4. The Hall–Kier alpha value is -4.36. The van der Waals surface area contributed by atoms with E-state index in [9.17, 15) is 0 Å². The first kappa shape index (κ1) is 48.7. The van der Waals surface area contributed by atoms with Crippen LogP contribution in [0.25, 0.3) is 89.7 Å². The Morgan fingerprint density at radius 1 is 0.324 bits per heavy atom. The zero-order chi connectivity index (χ0) is 46.7. The average molecular weight is 979 g/mol. The van der Waals surface area contributed by atoms with Crippen molar-refractivity contribution in [3.05, 3.63) is 72.8 Å². The van der Waals surface area contributed by atoms with E-state index < -0.39 is 0 Å². The molecule has 0 saturated carbocycles. The second-order valence-electron chi connectivity index (χ2n) is 18.0. The molecule has 8 bridgehead atoms. The first-order valence-electron chi connectivity index (χ1n) is 25.4. The molecule has 0 spiro atoms. The van der Waals surface area contributed by atoms with Crippen LogP contribution in [0, 0.1) is 0 Å². The molecule has 9 rings (SSSR count). The number of nitrogens with zero attached hydrogens (tertiary/aromatic N) is 6. The van der Waals surface area contributed by atoms with E-state index >= 15 is 0 Å². The van der Waals surface area contributed by atoms with Crippen LogP contribution in [0.3, 0.4) is 0 Å². The fraction of sp³-hybridized carbons (Fsp3) is 0.429. The summed E-state index contributed by atoms with van der Waals surface area (Å²) in [6.07, 6.45) is 19.9. The molecule has 68 heavy (non-hydrogen) atoms. The van der Waals surface area contributed by atoms with E-state index in [0.29, 0.717) is 23.3 Å².